The summed E-state index contributed by atoms with van der Waals surface area (Å²) in [5, 5.41) is 11.4. The SMILES string of the molecule is CCC1CCCCN1S(=O)(=O)c1ccc2[nH]c(=O)cc(C(=O)[O-])c2c1. The number of aromatic carboxylic acids is 1. The van der Waals surface area contributed by atoms with Gasteiger partial charge in [0.2, 0.25) is 15.6 Å². The number of nitrogens with zero attached hydrogens (tertiary/aromatic N) is 1. The van der Waals surface area contributed by atoms with E-state index in [-0.39, 0.29) is 27.4 Å². The molecule has 2 heterocycles. The zero-order valence-corrected chi connectivity index (χ0v) is 14.6. The van der Waals surface area contributed by atoms with Gasteiger partial charge in [0, 0.05) is 35.1 Å². The van der Waals surface area contributed by atoms with Gasteiger partial charge < -0.3 is 14.9 Å². The van der Waals surface area contributed by atoms with Crippen LogP contribution in [-0.2, 0) is 10.0 Å². The minimum atomic E-state index is -3.74. The van der Waals surface area contributed by atoms with Crippen LogP contribution in [-0.4, -0.2) is 36.3 Å². The Hall–Kier alpha value is -2.19. The van der Waals surface area contributed by atoms with Crippen molar-refractivity contribution in [3.05, 3.63) is 40.2 Å². The van der Waals surface area contributed by atoms with Crippen LogP contribution in [0.15, 0.2) is 34.0 Å². The topological polar surface area (TPSA) is 110 Å². The third-order valence-electron chi connectivity index (χ3n) is 4.69. The monoisotopic (exact) mass is 363 g/mol. The van der Waals surface area contributed by atoms with E-state index in [1.165, 1.54) is 22.5 Å². The Morgan fingerprint density at radius 2 is 2.08 bits per heavy atom. The number of piperidine rings is 1. The number of aromatic nitrogens is 1. The molecule has 0 amide bonds. The minimum Gasteiger partial charge on any atom is -0.545 e. The Balaban J connectivity index is 2.15. The van der Waals surface area contributed by atoms with Crippen LogP contribution in [0.1, 0.15) is 43.0 Å². The summed E-state index contributed by atoms with van der Waals surface area (Å²) in [5.41, 5.74) is -0.637. The second-order valence-corrected chi connectivity index (χ2v) is 8.11. The number of carboxylic acid groups (broad SMARTS) is 1. The van der Waals surface area contributed by atoms with Crippen molar-refractivity contribution >= 4 is 26.9 Å². The quantitative estimate of drug-likeness (QED) is 0.866. The molecule has 0 radical (unpaired) electrons. The van der Waals surface area contributed by atoms with Crippen molar-refractivity contribution in [2.45, 2.75) is 43.5 Å². The molecule has 1 atom stereocenters. The first-order valence-electron chi connectivity index (χ1n) is 8.25. The van der Waals surface area contributed by atoms with Crippen LogP contribution >= 0.6 is 0 Å². The smallest absolute Gasteiger partial charge is 0.249 e. The first-order valence-corrected chi connectivity index (χ1v) is 9.69. The summed E-state index contributed by atoms with van der Waals surface area (Å²) in [5.74, 6) is -1.52. The summed E-state index contributed by atoms with van der Waals surface area (Å²) in [6.45, 7) is 2.41. The molecule has 0 bridgehead atoms. The molecule has 1 unspecified atom stereocenters. The van der Waals surface area contributed by atoms with Gasteiger partial charge in [0.1, 0.15) is 0 Å². The number of carbonyl (C=O) groups is 1. The van der Waals surface area contributed by atoms with Crippen LogP contribution in [0, 0.1) is 0 Å². The predicted octanol–water partition coefficient (Wildman–Crippen LogP) is 0.845. The van der Waals surface area contributed by atoms with Crippen molar-refractivity contribution in [3.8, 4) is 0 Å². The largest absolute Gasteiger partial charge is 0.545 e. The molecular formula is C17H19N2O5S-. The molecule has 3 rings (SSSR count). The lowest BCUT2D eigenvalue weighted by Gasteiger charge is -2.34. The Kier molecular flexibility index (Phi) is 4.66. The molecule has 0 aliphatic carbocycles. The maximum atomic E-state index is 13.0. The first-order chi connectivity index (χ1) is 11.8. The van der Waals surface area contributed by atoms with Crippen LogP contribution < -0.4 is 10.7 Å². The van der Waals surface area contributed by atoms with Gasteiger partial charge in [0.15, 0.2) is 0 Å². The van der Waals surface area contributed by atoms with Gasteiger partial charge in [-0.15, -0.1) is 0 Å². The van der Waals surface area contributed by atoms with Crippen LogP contribution in [0.25, 0.3) is 10.9 Å². The van der Waals surface area contributed by atoms with Crippen LogP contribution in [0.4, 0.5) is 0 Å². The third kappa shape index (κ3) is 3.19. The summed E-state index contributed by atoms with van der Waals surface area (Å²) < 4.78 is 27.6. The van der Waals surface area contributed by atoms with E-state index in [0.29, 0.717) is 6.54 Å². The van der Waals surface area contributed by atoms with Gasteiger partial charge in [-0.05, 0) is 37.5 Å². The highest BCUT2D eigenvalue weighted by molar-refractivity contribution is 7.89. The molecule has 1 aromatic heterocycles. The standard InChI is InChI=1S/C17H20N2O5S/c1-2-11-5-3-4-8-19(11)25(23,24)12-6-7-15-13(9-12)14(17(21)22)10-16(20)18-15/h6-7,9-11H,2-5,8H2,1H3,(H,18,20)(H,21,22)/p-1. The molecule has 134 valence electrons. The number of sulfonamides is 1. The van der Waals surface area contributed by atoms with Gasteiger partial charge in [-0.1, -0.05) is 13.3 Å². The predicted molar refractivity (Wildman–Crippen MR) is 90.7 cm³/mol. The lowest BCUT2D eigenvalue weighted by molar-refractivity contribution is -0.254. The number of rotatable bonds is 4. The number of carbonyl (C=O) groups excluding carboxylic acids is 1. The Morgan fingerprint density at radius 1 is 1.32 bits per heavy atom. The number of fused-ring (bicyclic) bond motifs is 1. The lowest BCUT2D eigenvalue weighted by atomic mass is 10.0. The van der Waals surface area contributed by atoms with E-state index < -0.39 is 21.6 Å². The zero-order chi connectivity index (χ0) is 18.2. The van der Waals surface area contributed by atoms with Crippen molar-refractivity contribution < 1.29 is 18.3 Å². The molecule has 0 saturated carbocycles. The number of aromatic amines is 1. The van der Waals surface area contributed by atoms with Crippen LogP contribution in [0.3, 0.4) is 0 Å². The van der Waals surface area contributed by atoms with E-state index >= 15 is 0 Å². The lowest BCUT2D eigenvalue weighted by Crippen LogP contribution is -2.43. The summed E-state index contributed by atoms with van der Waals surface area (Å²) in [4.78, 5) is 25.4. The number of carboxylic acids is 1. The van der Waals surface area contributed by atoms with Gasteiger partial charge in [0.05, 0.1) is 10.9 Å². The van der Waals surface area contributed by atoms with Gasteiger partial charge in [-0.2, -0.15) is 4.31 Å². The van der Waals surface area contributed by atoms with Crippen LogP contribution in [0.2, 0.25) is 0 Å². The maximum Gasteiger partial charge on any atom is 0.249 e. The molecule has 1 aromatic carbocycles. The van der Waals surface area contributed by atoms with E-state index in [1.54, 1.807) is 0 Å². The fourth-order valence-electron chi connectivity index (χ4n) is 3.40. The maximum absolute atomic E-state index is 13.0. The summed E-state index contributed by atoms with van der Waals surface area (Å²) in [7, 11) is -3.74. The number of hydrogen-bond acceptors (Lipinski definition) is 5. The van der Waals surface area contributed by atoms with Crippen molar-refractivity contribution in [3.63, 3.8) is 0 Å². The average Bonchev–Trinajstić information content (AvgIpc) is 2.60. The fraction of sp³-hybridized carbons (Fsp3) is 0.412. The molecule has 2 aromatic rings. The highest BCUT2D eigenvalue weighted by Gasteiger charge is 2.32. The normalized spacial score (nSPS) is 19.2. The summed E-state index contributed by atoms with van der Waals surface area (Å²) in [6.07, 6.45) is 3.35. The van der Waals surface area contributed by atoms with Crippen molar-refractivity contribution in [2.75, 3.05) is 6.54 Å². The van der Waals surface area contributed by atoms with Crippen molar-refractivity contribution in [1.82, 2.24) is 9.29 Å². The van der Waals surface area contributed by atoms with E-state index in [0.717, 1.165) is 31.7 Å². The van der Waals surface area contributed by atoms with Gasteiger partial charge in [-0.25, -0.2) is 8.42 Å². The Morgan fingerprint density at radius 3 is 2.76 bits per heavy atom. The average molecular weight is 363 g/mol. The Bertz CT molecular complexity index is 980. The molecule has 7 nitrogen and oxygen atoms in total. The van der Waals surface area contributed by atoms with Gasteiger partial charge in [0.25, 0.3) is 0 Å². The Labute approximate surface area is 145 Å². The number of H-pyrrole nitrogens is 1. The second-order valence-electron chi connectivity index (χ2n) is 6.22. The number of pyridine rings is 1. The van der Waals surface area contributed by atoms with E-state index in [9.17, 15) is 23.1 Å². The van der Waals surface area contributed by atoms with Crippen LogP contribution in [0.5, 0.6) is 0 Å². The summed E-state index contributed by atoms with van der Waals surface area (Å²) >= 11 is 0. The molecule has 1 aliphatic rings. The molecule has 1 N–H and O–H groups in total. The first kappa shape index (κ1) is 17.6. The highest BCUT2D eigenvalue weighted by Crippen LogP contribution is 2.28. The van der Waals surface area contributed by atoms with Crippen molar-refractivity contribution in [2.24, 2.45) is 0 Å². The molecule has 8 heteroatoms. The molecule has 1 aliphatic heterocycles. The third-order valence-corrected chi connectivity index (χ3v) is 6.63. The number of hydrogen-bond donors (Lipinski definition) is 1. The minimum absolute atomic E-state index is 0.0231. The van der Waals surface area contributed by atoms with E-state index in [2.05, 4.69) is 4.98 Å². The second kappa shape index (κ2) is 6.61. The molecule has 25 heavy (non-hydrogen) atoms. The fourth-order valence-corrected chi connectivity index (χ4v) is 5.19. The number of benzene rings is 1. The van der Waals surface area contributed by atoms with Gasteiger partial charge in [-0.3, -0.25) is 4.79 Å². The molecular weight excluding hydrogens is 344 g/mol. The zero-order valence-electron chi connectivity index (χ0n) is 13.8. The molecule has 1 fully saturated rings. The van der Waals surface area contributed by atoms with Crippen molar-refractivity contribution in [1.29, 1.82) is 0 Å². The molecule has 0 spiro atoms. The van der Waals surface area contributed by atoms with E-state index in [1.807, 2.05) is 6.92 Å². The number of nitrogens with one attached hydrogen (secondary N) is 1. The summed E-state index contributed by atoms with van der Waals surface area (Å²) in [6, 6.07) is 4.97. The van der Waals surface area contributed by atoms with E-state index in [4.69, 9.17) is 0 Å². The molecule has 1 saturated heterocycles. The van der Waals surface area contributed by atoms with Gasteiger partial charge >= 0.3 is 0 Å². The highest BCUT2D eigenvalue weighted by atomic mass is 32.2.